The summed E-state index contributed by atoms with van der Waals surface area (Å²) in [5, 5.41) is 6.61. The van der Waals surface area contributed by atoms with E-state index in [1.54, 1.807) is 19.1 Å². The van der Waals surface area contributed by atoms with Crippen molar-refractivity contribution in [3.8, 4) is 0 Å². The molecular formula is C13H13F4N3. The summed E-state index contributed by atoms with van der Waals surface area (Å²) in [5.74, 6) is -0.369. The molecule has 1 heterocycles. The van der Waals surface area contributed by atoms with Crippen molar-refractivity contribution >= 4 is 5.69 Å². The first-order valence-electron chi connectivity index (χ1n) is 5.87. The van der Waals surface area contributed by atoms with Crippen molar-refractivity contribution in [2.24, 2.45) is 7.05 Å². The minimum atomic E-state index is -4.43. The highest BCUT2D eigenvalue weighted by atomic mass is 19.4. The van der Waals surface area contributed by atoms with E-state index in [4.69, 9.17) is 0 Å². The molecule has 0 radical (unpaired) electrons. The van der Waals surface area contributed by atoms with Crippen molar-refractivity contribution in [1.82, 2.24) is 9.78 Å². The zero-order valence-corrected chi connectivity index (χ0v) is 10.9. The second-order valence-electron chi connectivity index (χ2n) is 4.46. The smallest absolute Gasteiger partial charge is 0.379 e. The predicted molar refractivity (Wildman–Crippen MR) is 66.7 cm³/mol. The van der Waals surface area contributed by atoms with Gasteiger partial charge in [-0.2, -0.15) is 18.3 Å². The second kappa shape index (κ2) is 5.15. The van der Waals surface area contributed by atoms with Gasteiger partial charge in [0.1, 0.15) is 11.5 Å². The number of benzene rings is 1. The Morgan fingerprint density at radius 1 is 1.25 bits per heavy atom. The van der Waals surface area contributed by atoms with Gasteiger partial charge in [0.05, 0.1) is 12.2 Å². The van der Waals surface area contributed by atoms with Crippen LogP contribution in [0.4, 0.5) is 23.2 Å². The first kappa shape index (κ1) is 14.4. The molecule has 0 bridgehead atoms. The Balaban J connectivity index is 2.09. The summed E-state index contributed by atoms with van der Waals surface area (Å²) >= 11 is 0. The van der Waals surface area contributed by atoms with Crippen LogP contribution in [-0.2, 0) is 19.8 Å². The molecule has 0 atom stereocenters. The lowest BCUT2D eigenvalue weighted by Crippen LogP contribution is -2.11. The van der Waals surface area contributed by atoms with E-state index in [1.807, 2.05) is 0 Å². The number of nitrogens with one attached hydrogen (secondary N) is 1. The van der Waals surface area contributed by atoms with Crippen molar-refractivity contribution in [1.29, 1.82) is 0 Å². The maximum Gasteiger partial charge on any atom is 0.433 e. The monoisotopic (exact) mass is 287 g/mol. The van der Waals surface area contributed by atoms with Gasteiger partial charge in [0.15, 0.2) is 0 Å². The van der Waals surface area contributed by atoms with Gasteiger partial charge in [0.2, 0.25) is 0 Å². The van der Waals surface area contributed by atoms with Crippen LogP contribution in [0.25, 0.3) is 0 Å². The fourth-order valence-electron chi connectivity index (χ4n) is 1.77. The summed E-state index contributed by atoms with van der Waals surface area (Å²) < 4.78 is 51.9. The Morgan fingerprint density at radius 3 is 2.50 bits per heavy atom. The van der Waals surface area contributed by atoms with Gasteiger partial charge < -0.3 is 5.32 Å². The fraction of sp³-hybridized carbons (Fsp3) is 0.308. The molecule has 108 valence electrons. The highest BCUT2D eigenvalue weighted by molar-refractivity contribution is 5.45. The van der Waals surface area contributed by atoms with Crippen molar-refractivity contribution in [2.75, 3.05) is 5.32 Å². The van der Waals surface area contributed by atoms with E-state index in [0.29, 0.717) is 11.3 Å². The number of alkyl halides is 3. The van der Waals surface area contributed by atoms with Gasteiger partial charge in [0.25, 0.3) is 0 Å². The summed E-state index contributed by atoms with van der Waals surface area (Å²) in [7, 11) is 1.23. The fourth-order valence-corrected chi connectivity index (χ4v) is 1.77. The molecule has 0 amide bonds. The summed E-state index contributed by atoms with van der Waals surface area (Å²) in [6, 6.07) is 5.52. The van der Waals surface area contributed by atoms with Crippen LogP contribution >= 0.6 is 0 Å². The van der Waals surface area contributed by atoms with E-state index in [1.165, 1.54) is 13.1 Å². The van der Waals surface area contributed by atoms with Crippen LogP contribution in [0.2, 0.25) is 0 Å². The number of rotatable bonds is 3. The number of halogens is 4. The number of aryl methyl sites for hydroxylation is 2. The van der Waals surface area contributed by atoms with Crippen molar-refractivity contribution in [3.05, 3.63) is 47.0 Å². The van der Waals surface area contributed by atoms with Crippen LogP contribution in [0.5, 0.6) is 0 Å². The van der Waals surface area contributed by atoms with E-state index in [0.717, 1.165) is 10.7 Å². The van der Waals surface area contributed by atoms with Gasteiger partial charge in [-0.25, -0.2) is 4.39 Å². The molecule has 0 aliphatic rings. The third kappa shape index (κ3) is 3.09. The van der Waals surface area contributed by atoms with Gasteiger partial charge in [-0.3, -0.25) is 4.68 Å². The summed E-state index contributed by atoms with van der Waals surface area (Å²) in [6.07, 6.45) is -4.43. The molecule has 2 aromatic rings. The Labute approximate surface area is 113 Å². The quantitative estimate of drug-likeness (QED) is 0.876. The minimum absolute atomic E-state index is 0.0897. The van der Waals surface area contributed by atoms with Gasteiger partial charge >= 0.3 is 6.18 Å². The summed E-state index contributed by atoms with van der Waals surface area (Å²) in [6.45, 7) is 1.72. The number of anilines is 1. The molecule has 2 rings (SSSR count). The second-order valence-corrected chi connectivity index (χ2v) is 4.46. The highest BCUT2D eigenvalue weighted by Crippen LogP contribution is 2.29. The van der Waals surface area contributed by atoms with E-state index >= 15 is 0 Å². The van der Waals surface area contributed by atoms with Crippen LogP contribution < -0.4 is 5.32 Å². The third-order valence-electron chi connectivity index (χ3n) is 2.87. The molecular weight excluding hydrogens is 274 g/mol. The average molecular weight is 287 g/mol. The van der Waals surface area contributed by atoms with E-state index in [2.05, 4.69) is 10.4 Å². The maximum absolute atomic E-state index is 13.3. The third-order valence-corrected chi connectivity index (χ3v) is 2.87. The lowest BCUT2D eigenvalue weighted by Gasteiger charge is -2.05. The molecule has 1 N–H and O–H groups in total. The van der Waals surface area contributed by atoms with E-state index < -0.39 is 11.9 Å². The van der Waals surface area contributed by atoms with Gasteiger partial charge in [-0.1, -0.05) is 6.07 Å². The molecule has 20 heavy (non-hydrogen) atoms. The topological polar surface area (TPSA) is 29.9 Å². The number of aromatic nitrogens is 2. The molecule has 1 aromatic carbocycles. The van der Waals surface area contributed by atoms with Crippen molar-refractivity contribution in [3.63, 3.8) is 0 Å². The van der Waals surface area contributed by atoms with Crippen LogP contribution in [0.3, 0.4) is 0 Å². The lowest BCUT2D eigenvalue weighted by molar-refractivity contribution is -0.143. The van der Waals surface area contributed by atoms with Crippen LogP contribution in [0.15, 0.2) is 24.3 Å². The molecule has 0 spiro atoms. The Morgan fingerprint density at radius 2 is 1.95 bits per heavy atom. The Bertz CT molecular complexity index is 617. The predicted octanol–water partition coefficient (Wildman–Crippen LogP) is 3.50. The SMILES string of the molecule is Cc1ccc(NCc2cc(C(F)(F)F)n(C)n2)cc1F. The van der Waals surface area contributed by atoms with Gasteiger partial charge in [-0.15, -0.1) is 0 Å². The van der Waals surface area contributed by atoms with Gasteiger partial charge in [0, 0.05) is 12.7 Å². The first-order valence-corrected chi connectivity index (χ1v) is 5.87. The largest absolute Gasteiger partial charge is 0.433 e. The summed E-state index contributed by atoms with van der Waals surface area (Å²) in [5.41, 5.74) is 0.422. The normalized spacial score (nSPS) is 11.7. The zero-order valence-electron chi connectivity index (χ0n) is 10.9. The number of hydrogen-bond donors (Lipinski definition) is 1. The first-order chi connectivity index (χ1) is 9.27. The summed E-state index contributed by atoms with van der Waals surface area (Å²) in [4.78, 5) is 0. The average Bonchev–Trinajstić information content (AvgIpc) is 2.72. The Hall–Kier alpha value is -2.05. The molecule has 0 fully saturated rings. The molecule has 7 heteroatoms. The Kier molecular flexibility index (Phi) is 3.69. The lowest BCUT2D eigenvalue weighted by atomic mass is 10.2. The highest BCUT2D eigenvalue weighted by Gasteiger charge is 2.34. The maximum atomic E-state index is 13.3. The molecule has 0 aliphatic carbocycles. The molecule has 0 unspecified atom stereocenters. The van der Waals surface area contributed by atoms with E-state index in [-0.39, 0.29) is 18.1 Å². The minimum Gasteiger partial charge on any atom is -0.379 e. The molecule has 3 nitrogen and oxygen atoms in total. The van der Waals surface area contributed by atoms with Crippen LogP contribution in [0.1, 0.15) is 17.0 Å². The van der Waals surface area contributed by atoms with E-state index in [9.17, 15) is 17.6 Å². The number of hydrogen-bond acceptors (Lipinski definition) is 2. The molecule has 1 aromatic heterocycles. The number of nitrogens with zero attached hydrogens (tertiary/aromatic N) is 2. The standard InChI is InChI=1S/C13H13F4N3/c1-8-3-4-9(5-11(8)14)18-7-10-6-12(13(15,16)17)20(2)19-10/h3-6,18H,7H2,1-2H3. The molecule has 0 aliphatic heterocycles. The molecule has 0 saturated carbocycles. The van der Waals surface area contributed by atoms with Crippen LogP contribution in [-0.4, -0.2) is 9.78 Å². The zero-order chi connectivity index (χ0) is 14.9. The van der Waals surface area contributed by atoms with Crippen molar-refractivity contribution < 1.29 is 17.6 Å². The molecule has 0 saturated heterocycles. The van der Waals surface area contributed by atoms with Crippen molar-refractivity contribution in [2.45, 2.75) is 19.6 Å². The van der Waals surface area contributed by atoms with Gasteiger partial charge in [-0.05, 0) is 30.7 Å². The van der Waals surface area contributed by atoms with Crippen LogP contribution in [0, 0.1) is 12.7 Å².